The van der Waals surface area contributed by atoms with Gasteiger partial charge in [-0.25, -0.2) is 8.78 Å². The first kappa shape index (κ1) is 35.3. The van der Waals surface area contributed by atoms with Gasteiger partial charge in [-0.2, -0.15) is 8.93 Å². The molecule has 8 bridgehead atoms. The van der Waals surface area contributed by atoms with Crippen LogP contribution >= 0.6 is 0 Å². The van der Waals surface area contributed by atoms with Gasteiger partial charge < -0.3 is 14.7 Å². The van der Waals surface area contributed by atoms with Gasteiger partial charge in [-0.3, -0.25) is 19.1 Å². The Balaban J connectivity index is 1.47. The van der Waals surface area contributed by atoms with E-state index < -0.39 is 17.9 Å². The Kier molecular flexibility index (Phi) is 10.6. The van der Waals surface area contributed by atoms with E-state index in [0.717, 1.165) is 32.5 Å². The maximum absolute atomic E-state index is 16.1. The molecule has 49 heavy (non-hydrogen) atoms. The van der Waals surface area contributed by atoms with Gasteiger partial charge in [-0.05, 0) is 94.6 Å². The van der Waals surface area contributed by atoms with E-state index in [1.54, 1.807) is 24.1 Å². The van der Waals surface area contributed by atoms with Gasteiger partial charge in [-0.15, -0.1) is 0 Å². The second-order valence-corrected chi connectivity index (χ2v) is 14.6. The molecule has 1 aromatic carbocycles. The lowest BCUT2D eigenvalue weighted by Gasteiger charge is -2.37. The molecule has 2 aromatic heterocycles. The van der Waals surface area contributed by atoms with E-state index in [1.807, 2.05) is 23.0 Å². The van der Waals surface area contributed by atoms with Crippen molar-refractivity contribution >= 4 is 45.5 Å². The Labute approximate surface area is 291 Å². The third-order valence-corrected chi connectivity index (χ3v) is 11.5. The molecule has 13 heteroatoms. The first-order chi connectivity index (χ1) is 23.5. The first-order valence-corrected chi connectivity index (χ1v) is 18.5. The lowest BCUT2D eigenvalue weighted by molar-refractivity contribution is -0.459. The fourth-order valence-corrected chi connectivity index (χ4v) is 8.11. The van der Waals surface area contributed by atoms with Crippen molar-refractivity contribution in [1.29, 1.82) is 0 Å². The molecule has 10 nitrogen and oxygen atoms in total. The highest BCUT2D eigenvalue weighted by molar-refractivity contribution is 7.63. The summed E-state index contributed by atoms with van der Waals surface area (Å²) >= 11 is 1.19. The van der Waals surface area contributed by atoms with Crippen LogP contribution in [0.15, 0.2) is 41.5 Å². The topological polar surface area (TPSA) is 80.8 Å². The molecule has 4 aliphatic rings. The number of hydrogen-bond acceptors (Lipinski definition) is 7. The third kappa shape index (κ3) is 7.20. The van der Waals surface area contributed by atoms with Gasteiger partial charge >= 0.3 is 5.82 Å². The van der Waals surface area contributed by atoms with E-state index in [2.05, 4.69) is 44.4 Å². The number of nitrogens with zero attached hydrogens (tertiary/aromatic N) is 8. The van der Waals surface area contributed by atoms with Crippen molar-refractivity contribution < 1.29 is 17.5 Å². The molecule has 7 rings (SSSR count). The zero-order valence-corrected chi connectivity index (χ0v) is 30.0. The van der Waals surface area contributed by atoms with E-state index in [9.17, 15) is 9.59 Å². The van der Waals surface area contributed by atoms with Crippen LogP contribution in [0, 0.1) is 5.92 Å². The first-order valence-electron chi connectivity index (χ1n) is 17.5. The smallest absolute Gasteiger partial charge is 0.347 e. The van der Waals surface area contributed by atoms with Crippen LogP contribution in [-0.2, 0) is 28.4 Å². The van der Waals surface area contributed by atoms with Crippen LogP contribution in [0.4, 0.5) is 20.3 Å². The van der Waals surface area contributed by atoms with Crippen LogP contribution in [0.25, 0.3) is 11.0 Å². The minimum Gasteiger partial charge on any atom is -0.364 e. The Morgan fingerprint density at radius 3 is 2.39 bits per heavy atom. The number of piperidine rings is 1. The summed E-state index contributed by atoms with van der Waals surface area (Å²) in [5, 5.41) is 0.597. The number of halogens is 2. The zero-order chi connectivity index (χ0) is 34.9. The minimum absolute atomic E-state index is 0.0287. The maximum Gasteiger partial charge on any atom is 0.347 e. The molecule has 0 aliphatic carbocycles. The van der Waals surface area contributed by atoms with Crippen LogP contribution in [0.1, 0.15) is 63.6 Å². The van der Waals surface area contributed by atoms with Gasteiger partial charge in [0.15, 0.2) is 5.65 Å². The van der Waals surface area contributed by atoms with Crippen molar-refractivity contribution in [3.8, 4) is 0 Å². The minimum atomic E-state index is -2.96. The lowest BCUT2D eigenvalue weighted by atomic mass is 9.85. The van der Waals surface area contributed by atoms with Crippen molar-refractivity contribution in [2.24, 2.45) is 5.92 Å². The SMILES string of the molecule is C=S=[N+]1c2ncnc3c2cc(N2CCN(C(C)C)CC2)c(=O)n3CC(=O)N(C)CCCCN2CCC(CC2)C(F)(F)c2cccc(c2)[C@H]1C. The molecule has 0 N–H and O–H groups in total. The molecule has 264 valence electrons. The largest absolute Gasteiger partial charge is 0.364 e. The van der Waals surface area contributed by atoms with Gasteiger partial charge in [0.25, 0.3) is 11.5 Å². The highest BCUT2D eigenvalue weighted by Gasteiger charge is 2.43. The summed E-state index contributed by atoms with van der Waals surface area (Å²) in [7, 11) is 1.77. The normalized spacial score (nSPS) is 24.4. The van der Waals surface area contributed by atoms with Crippen molar-refractivity contribution in [3.63, 3.8) is 0 Å². The Morgan fingerprint density at radius 1 is 0.980 bits per heavy atom. The number of amides is 1. The number of likely N-dealkylation sites (N-methyl/N-ethyl adjacent to an activating group) is 1. The van der Waals surface area contributed by atoms with Crippen molar-refractivity contribution in [1.82, 2.24) is 29.2 Å². The molecule has 0 unspecified atom stereocenters. The van der Waals surface area contributed by atoms with E-state index in [4.69, 9.17) is 0 Å². The van der Waals surface area contributed by atoms with Gasteiger partial charge in [0.2, 0.25) is 12.2 Å². The number of aromatic nitrogens is 3. The van der Waals surface area contributed by atoms with E-state index >= 15 is 8.78 Å². The molecule has 6 heterocycles. The monoisotopic (exact) mass is 695 g/mol. The molecule has 3 aromatic rings. The molecule has 2 fully saturated rings. The molecule has 4 aliphatic heterocycles. The van der Waals surface area contributed by atoms with Gasteiger partial charge in [0.1, 0.15) is 23.7 Å². The molecule has 0 radical (unpaired) electrons. The predicted octanol–water partition coefficient (Wildman–Crippen LogP) is 4.48. The van der Waals surface area contributed by atoms with Crippen molar-refractivity contribution in [2.75, 3.05) is 64.3 Å². The van der Waals surface area contributed by atoms with Crippen molar-refractivity contribution in [2.45, 2.75) is 71.0 Å². The van der Waals surface area contributed by atoms with Crippen molar-refractivity contribution in [3.05, 3.63) is 58.1 Å². The average Bonchev–Trinajstić information content (AvgIpc) is 3.11. The maximum atomic E-state index is 16.1. The van der Waals surface area contributed by atoms with Crippen LogP contribution < -0.4 is 10.5 Å². The number of carbonyl (C=O) groups is 1. The van der Waals surface area contributed by atoms with E-state index in [0.29, 0.717) is 79.7 Å². The van der Waals surface area contributed by atoms with Crippen LogP contribution in [0.2, 0.25) is 0 Å². The summed E-state index contributed by atoms with van der Waals surface area (Å²) in [5.41, 5.74) is 1.31. The van der Waals surface area contributed by atoms with E-state index in [1.165, 1.54) is 28.1 Å². The summed E-state index contributed by atoms with van der Waals surface area (Å²) in [5.74, 6) is 0.770. The number of piperazine rings is 1. The number of anilines is 1. The van der Waals surface area contributed by atoms with Gasteiger partial charge in [-0.1, -0.05) is 18.2 Å². The highest BCUT2D eigenvalue weighted by Crippen LogP contribution is 2.42. The molecule has 0 saturated carbocycles. The molecule has 1 amide bonds. The molecule has 0 spiro atoms. The van der Waals surface area contributed by atoms with Crippen LogP contribution in [0.5, 0.6) is 0 Å². The quantitative estimate of drug-likeness (QED) is 0.289. The number of carbonyl (C=O) groups excluding carboxylic acids is 1. The summed E-state index contributed by atoms with van der Waals surface area (Å²) in [6.45, 7) is 11.7. The number of hydrogen-bond donors (Lipinski definition) is 0. The summed E-state index contributed by atoms with van der Waals surface area (Å²) in [4.78, 5) is 45.6. The Morgan fingerprint density at radius 2 is 1.69 bits per heavy atom. The number of pyridine rings is 1. The second-order valence-electron chi connectivity index (χ2n) is 14.0. The van der Waals surface area contributed by atoms with Crippen LogP contribution in [-0.4, -0.2) is 110 Å². The average molecular weight is 696 g/mol. The number of benzene rings is 1. The fourth-order valence-electron chi connectivity index (χ4n) is 7.50. The molecule has 1 atom stereocenters. The van der Waals surface area contributed by atoms with Gasteiger partial charge in [0, 0.05) is 68.4 Å². The lowest BCUT2D eigenvalue weighted by Crippen LogP contribution is -2.50. The molecule has 2 saturated heterocycles. The van der Waals surface area contributed by atoms with Gasteiger partial charge in [0.05, 0.1) is 0 Å². The fraction of sp³-hybridized carbons (Fsp3) is 0.583. The molecular weight excluding hydrogens is 647 g/mol. The zero-order valence-electron chi connectivity index (χ0n) is 29.2. The third-order valence-electron chi connectivity index (χ3n) is 10.7. The summed E-state index contributed by atoms with van der Waals surface area (Å²) < 4.78 is 35.5. The highest BCUT2D eigenvalue weighted by atomic mass is 32.1. The van der Waals surface area contributed by atoms with E-state index in [-0.39, 0.29) is 23.6 Å². The Bertz CT molecular complexity index is 1790. The number of rotatable bonds is 2. The second kappa shape index (κ2) is 14.7. The number of fused-ring (bicyclic) bond motifs is 9. The van der Waals surface area contributed by atoms with Crippen LogP contribution in [0.3, 0.4) is 0 Å². The summed E-state index contributed by atoms with van der Waals surface area (Å²) in [6, 6.07) is 8.56. The molecular formula is C36H49F2N8O2S+. The summed E-state index contributed by atoms with van der Waals surface area (Å²) in [6.07, 6.45) is 3.90. The Hall–Kier alpha value is -3.55. The number of alkyl halides is 2. The standard InChI is InChI=1S/C36H49F2N8O2S/c1-25(2)43-17-19-44(20-18-43)31-22-30-33-39-24-40-34(30)46(49-5)26(3)27-9-8-10-29(21-27)36(37,38)28-11-15-42(16-12-28)14-7-6-13-41(4)32(47)23-45(33)35(31)48/h8-10,21-22,24-26,28H,5-7,11-20,23H2,1-4H3/q+1/t26-/m1/s1. The predicted molar refractivity (Wildman–Crippen MR) is 192 cm³/mol.